The minimum atomic E-state index is -1.79. The SMILES string of the molecule is CC(=O)OC1OC(Br)C(OC(C)=O)C(OC(C)=O)C1OC(C)=O.CC(=O)OC1OC(Oc2c(I)cc(Cl)c3cccnc23)C(OC(C)=O)C(OC(C)=O)C1OC(C)=O.CCC.CO.O=C(O)C1OC(Oc2c(I)cc(Cl)c3cccnc23)C(O)C(O)C1O.Oc1c(I)cc(Cl)c2cccnc12. The molecule has 6 N–H and O–H groups in total. The Morgan fingerprint density at radius 1 is 0.455 bits per heavy atom. The van der Waals surface area contributed by atoms with Crippen LogP contribution < -0.4 is 9.47 Å². The molecule has 101 heavy (non-hydrogen) atoms. The maximum Gasteiger partial charge on any atom is 0.335 e. The van der Waals surface area contributed by atoms with Gasteiger partial charge >= 0.3 is 53.7 Å². The van der Waals surface area contributed by atoms with Crippen molar-refractivity contribution in [2.45, 2.75) is 167 Å². The van der Waals surface area contributed by atoms with Gasteiger partial charge in [-0.05, 0) is 122 Å². The summed E-state index contributed by atoms with van der Waals surface area (Å²) in [7, 11) is 1.00. The molecule has 31 nitrogen and oxygen atoms in total. The molecule has 3 saturated heterocycles. The quantitative estimate of drug-likeness (QED) is 0.0274. The van der Waals surface area contributed by atoms with Crippen LogP contribution in [0, 0.1) is 10.7 Å². The second-order valence-corrected chi connectivity index (χ2v) is 26.4. The smallest absolute Gasteiger partial charge is 0.335 e. The topological polar surface area (TPSA) is 434 Å². The summed E-state index contributed by atoms with van der Waals surface area (Å²) in [6.45, 7) is 13.3. The first-order valence-electron chi connectivity index (χ1n) is 29.4. The Morgan fingerprint density at radius 3 is 1.16 bits per heavy atom. The van der Waals surface area contributed by atoms with E-state index in [0.717, 1.165) is 67.9 Å². The predicted octanol–water partition coefficient (Wildman–Crippen LogP) is 8.32. The molecule has 0 bridgehead atoms. The Balaban J connectivity index is 0.000000291. The number of alkyl halides is 1. The molecule has 3 aromatic carbocycles. The third-order valence-corrected chi connectivity index (χ3v) is 16.9. The van der Waals surface area contributed by atoms with Crippen LogP contribution in [0.3, 0.4) is 0 Å². The number of hydrogen-bond donors (Lipinski definition) is 6. The van der Waals surface area contributed by atoms with Crippen molar-refractivity contribution in [1.82, 2.24) is 15.0 Å². The van der Waals surface area contributed by atoms with Gasteiger partial charge < -0.3 is 87.5 Å². The Morgan fingerprint density at radius 2 is 0.772 bits per heavy atom. The Hall–Kier alpha value is -6.22. The van der Waals surface area contributed by atoms with E-state index in [1.54, 1.807) is 54.7 Å². The van der Waals surface area contributed by atoms with Gasteiger partial charge in [-0.3, -0.25) is 58.0 Å². The number of carboxylic acids is 1. The third kappa shape index (κ3) is 24.7. The molecule has 3 fully saturated rings. The Bertz CT molecular complexity index is 3930. The van der Waals surface area contributed by atoms with E-state index in [1.807, 2.05) is 73.8 Å². The first-order chi connectivity index (χ1) is 47.5. The summed E-state index contributed by atoms with van der Waals surface area (Å²) in [5.41, 5.74) is 1.33. The van der Waals surface area contributed by atoms with Gasteiger partial charge in [0.15, 0.2) is 46.7 Å². The molecule has 9 rings (SSSR count). The van der Waals surface area contributed by atoms with Crippen LogP contribution in [0.4, 0.5) is 0 Å². The third-order valence-electron chi connectivity index (χ3n) is 12.8. The monoisotopic (exact) mass is 1880 g/mol. The zero-order valence-corrected chi connectivity index (χ0v) is 65.3. The van der Waals surface area contributed by atoms with Gasteiger partial charge in [-0.15, -0.1) is 0 Å². The molecular weight excluding hydrogens is 1810 g/mol. The lowest BCUT2D eigenvalue weighted by atomic mass is 9.99. The van der Waals surface area contributed by atoms with E-state index in [0.29, 0.717) is 53.1 Å². The fourth-order valence-electron chi connectivity index (χ4n) is 9.13. The molecule has 0 spiro atoms. The molecule has 0 amide bonds. The average molecular weight is 1880 g/mol. The van der Waals surface area contributed by atoms with Crippen LogP contribution in [0.5, 0.6) is 17.2 Å². The highest BCUT2D eigenvalue weighted by Gasteiger charge is 2.56. The highest BCUT2D eigenvalue weighted by molar-refractivity contribution is 14.1. The summed E-state index contributed by atoms with van der Waals surface area (Å²) in [6.07, 6.45) is -14.8. The number of carbonyl (C=O) groups is 9. The first kappa shape index (κ1) is 87.2. The summed E-state index contributed by atoms with van der Waals surface area (Å²) in [5.74, 6) is -6.71. The number of aliphatic carboxylic acids is 1. The predicted molar refractivity (Wildman–Crippen MR) is 383 cm³/mol. The van der Waals surface area contributed by atoms with Gasteiger partial charge in [0.25, 0.3) is 0 Å². The van der Waals surface area contributed by atoms with Crippen molar-refractivity contribution in [2.75, 3.05) is 7.11 Å². The van der Waals surface area contributed by atoms with Crippen molar-refractivity contribution in [3.8, 4) is 17.2 Å². The normalized spacial score (nSPS) is 24.0. The van der Waals surface area contributed by atoms with Crippen LogP contribution in [0.15, 0.2) is 73.2 Å². The van der Waals surface area contributed by atoms with Gasteiger partial charge in [-0.25, -0.2) is 4.79 Å². The van der Waals surface area contributed by atoms with Gasteiger partial charge in [0.05, 0.1) is 25.8 Å². The molecule has 15 unspecified atom stereocenters. The van der Waals surface area contributed by atoms with Gasteiger partial charge in [-0.2, -0.15) is 0 Å². The highest BCUT2D eigenvalue weighted by Crippen LogP contribution is 2.41. The molecule has 0 saturated carbocycles. The van der Waals surface area contributed by atoms with E-state index >= 15 is 0 Å². The maximum atomic E-state index is 12.0. The summed E-state index contributed by atoms with van der Waals surface area (Å²) < 4.78 is 71.2. The largest absolute Gasteiger partial charge is 0.505 e. The second-order valence-electron chi connectivity index (χ2n) is 20.8. The minimum absolute atomic E-state index is 0.195. The molecule has 552 valence electrons. The molecule has 15 atom stereocenters. The molecule has 6 aromatic rings. The van der Waals surface area contributed by atoms with Gasteiger partial charge in [0.1, 0.15) is 34.9 Å². The molecule has 3 aromatic heterocycles. The minimum Gasteiger partial charge on any atom is -0.505 e. The zero-order chi connectivity index (χ0) is 76.0. The number of nitrogens with zero attached hydrogens (tertiary/aromatic N) is 3. The Kier molecular flexibility index (Phi) is 35.7. The summed E-state index contributed by atoms with van der Waals surface area (Å²) in [5, 5.41) is 57.9. The molecule has 0 aliphatic carbocycles. The van der Waals surface area contributed by atoms with E-state index in [9.17, 15) is 63.6 Å². The number of aliphatic hydroxyl groups excluding tert-OH is 4. The van der Waals surface area contributed by atoms with E-state index < -0.39 is 145 Å². The van der Waals surface area contributed by atoms with E-state index in [-0.39, 0.29) is 17.2 Å². The number of esters is 8. The second kappa shape index (κ2) is 41.3. The zero-order valence-electron chi connectivity index (χ0n) is 54.9. The van der Waals surface area contributed by atoms with Gasteiger partial charge in [-0.1, -0.05) is 71.0 Å². The van der Waals surface area contributed by atoms with Gasteiger partial charge in [0, 0.05) is 97.2 Å². The van der Waals surface area contributed by atoms with Crippen LogP contribution >= 0.6 is 119 Å². The lowest BCUT2D eigenvalue weighted by Gasteiger charge is -2.43. The average Bonchev–Trinajstić information content (AvgIpc) is 0.787. The standard InChI is InChI=1S/C22H21ClINO10.C15H13ClINO7.C13H17BrO9.C9H5ClINO.C3H8.CH4O/c1-9(26)30-18-19(31-10(2)27)21(33-12(4)29)35-22(20(18)32-11(3)28)34-17-15(24)8-14(23)13-6-5-7-25-16(13)17;16-6-4-7(17)12(8-5(6)2-1-3-18-8)24-15-11(21)9(19)10(20)13(25-15)14(22)23;1-5(15)19-9-10(20-6(2)16)12(14)23-13(22-8(4)18)11(9)21-7(3)17;10-6-4-7(11)9(13)8-5(6)2-1-3-12-8;1-3-2;1-2/h5-8,18-22H,1-4H3;1-4,9-11,13,15,19-21H,(H,22,23);9-13H,1-4H3;1-4,13H;3H2,1-2H3;2H,1H3. The van der Waals surface area contributed by atoms with Crippen molar-refractivity contribution in [3.05, 3.63) is 99.0 Å². The fourth-order valence-corrected chi connectivity index (χ4v) is 13.0. The number of hydrogen-bond acceptors (Lipinski definition) is 30. The van der Waals surface area contributed by atoms with Crippen LogP contribution in [0.1, 0.15) is 75.7 Å². The Labute approximate surface area is 640 Å². The van der Waals surface area contributed by atoms with Crippen LogP contribution in [-0.4, -0.2) is 198 Å². The van der Waals surface area contributed by atoms with Crippen LogP contribution in [-0.2, 0) is 95.3 Å². The van der Waals surface area contributed by atoms with Crippen molar-refractivity contribution >= 4 is 205 Å². The number of pyridine rings is 3. The van der Waals surface area contributed by atoms with Crippen molar-refractivity contribution in [1.29, 1.82) is 0 Å². The number of ether oxygens (including phenoxy) is 13. The fraction of sp³-hybridized carbons (Fsp3) is 0.429. The number of aliphatic hydroxyl groups is 4. The van der Waals surface area contributed by atoms with E-state index in [1.165, 1.54) is 18.8 Å². The number of phenols is 1. The van der Waals surface area contributed by atoms with E-state index in [4.69, 9.17) is 107 Å². The number of fused-ring (bicyclic) bond motifs is 3. The first-order valence-corrected chi connectivity index (χ1v) is 34.7. The number of aromatic nitrogens is 3. The molecule has 38 heteroatoms. The number of carboxylic acid groups (broad SMARTS) is 1. The lowest BCUT2D eigenvalue weighted by molar-refractivity contribution is -0.328. The molecule has 3 aliphatic heterocycles. The van der Waals surface area contributed by atoms with Crippen molar-refractivity contribution in [3.63, 3.8) is 0 Å². The van der Waals surface area contributed by atoms with E-state index in [2.05, 4.69) is 44.7 Å². The molecular formula is C63H68BrCl3I3N3O28. The molecule has 3 aliphatic rings. The number of benzene rings is 3. The highest BCUT2D eigenvalue weighted by atomic mass is 127. The number of carbonyl (C=O) groups excluding carboxylic acids is 8. The number of rotatable bonds is 13. The summed E-state index contributed by atoms with van der Waals surface area (Å²) >= 11 is 27.6. The van der Waals surface area contributed by atoms with Gasteiger partial charge in [0.2, 0.25) is 43.5 Å². The van der Waals surface area contributed by atoms with Crippen molar-refractivity contribution in [2.24, 2.45) is 0 Å². The number of aromatic hydroxyl groups is 1. The van der Waals surface area contributed by atoms with Crippen LogP contribution in [0.2, 0.25) is 15.1 Å². The van der Waals surface area contributed by atoms with Crippen molar-refractivity contribution < 1.29 is 135 Å². The summed E-state index contributed by atoms with van der Waals surface area (Å²) in [6, 6.07) is 15.5. The maximum absolute atomic E-state index is 12.0. The lowest BCUT2D eigenvalue weighted by Crippen LogP contribution is -2.63. The number of halogens is 7. The molecule has 6 heterocycles. The van der Waals surface area contributed by atoms with Crippen LogP contribution in [0.25, 0.3) is 32.7 Å². The number of phenolic OH excluding ortho intramolecular Hbond substituents is 1. The summed E-state index contributed by atoms with van der Waals surface area (Å²) in [4.78, 5) is 116. The molecule has 0 radical (unpaired) electrons.